The van der Waals surface area contributed by atoms with E-state index in [4.69, 9.17) is 23.8 Å². The number of fused-ring (bicyclic) bond motifs is 1. The molecule has 0 bridgehead atoms. The molecule has 0 aliphatic rings. The number of aromatic amines is 1. The Morgan fingerprint density at radius 1 is 1.25 bits per heavy atom. The molecule has 0 unspecified atom stereocenters. The van der Waals surface area contributed by atoms with Gasteiger partial charge in [-0.25, -0.2) is 4.39 Å². The average Bonchev–Trinajstić information content (AvgIpc) is 2.85. The Morgan fingerprint density at radius 2 is 2.04 bits per heavy atom. The summed E-state index contributed by atoms with van der Waals surface area (Å²) in [5, 5.41) is 8.27. The van der Waals surface area contributed by atoms with Crippen molar-refractivity contribution in [1.29, 1.82) is 0 Å². The number of thiocarbonyl (C=S) groups is 1. The molecule has 2 aromatic carbocycles. The first-order valence-corrected chi connectivity index (χ1v) is 8.39. The zero-order chi connectivity index (χ0) is 17.1. The molecule has 1 heterocycles. The van der Waals surface area contributed by atoms with E-state index in [1.165, 1.54) is 6.07 Å². The van der Waals surface area contributed by atoms with Crippen molar-refractivity contribution in [2.75, 3.05) is 11.9 Å². The molecular weight excluding hydrogens is 345 g/mol. The molecule has 124 valence electrons. The number of aryl methyl sites for hydroxylation is 1. The fraction of sp³-hybridized carbons (Fsp3) is 0.167. The summed E-state index contributed by atoms with van der Waals surface area (Å²) in [5.41, 5.74) is 3.85. The third kappa shape index (κ3) is 3.68. The van der Waals surface area contributed by atoms with Crippen LogP contribution in [0.25, 0.3) is 10.9 Å². The highest BCUT2D eigenvalue weighted by molar-refractivity contribution is 7.80. The molecule has 3 rings (SSSR count). The molecule has 3 N–H and O–H groups in total. The minimum absolute atomic E-state index is 0.230. The van der Waals surface area contributed by atoms with Crippen LogP contribution in [0.1, 0.15) is 11.3 Å². The van der Waals surface area contributed by atoms with Crippen molar-refractivity contribution in [3.05, 3.63) is 64.6 Å². The fourth-order valence-electron chi connectivity index (χ4n) is 2.71. The Balaban J connectivity index is 1.62. The van der Waals surface area contributed by atoms with Crippen LogP contribution < -0.4 is 10.6 Å². The maximum atomic E-state index is 13.5. The van der Waals surface area contributed by atoms with Crippen LogP contribution in [-0.2, 0) is 6.42 Å². The topological polar surface area (TPSA) is 39.9 Å². The molecule has 3 nitrogen and oxygen atoms in total. The Kier molecular flexibility index (Phi) is 5.02. The highest BCUT2D eigenvalue weighted by Crippen LogP contribution is 2.23. The van der Waals surface area contributed by atoms with Gasteiger partial charge in [-0.2, -0.15) is 0 Å². The third-order valence-electron chi connectivity index (χ3n) is 3.86. The van der Waals surface area contributed by atoms with E-state index in [-0.39, 0.29) is 5.82 Å². The standard InChI is InChI=1S/C18H17ClFN3S/c1-11-13(14-10-12(20)6-7-16(14)22-11)8-9-21-18(24)23-17-5-3-2-4-15(17)19/h2-7,10,22H,8-9H2,1H3,(H2,21,23,24). The van der Waals surface area contributed by atoms with Gasteiger partial charge < -0.3 is 15.6 Å². The van der Waals surface area contributed by atoms with Gasteiger partial charge in [0.1, 0.15) is 5.82 Å². The van der Waals surface area contributed by atoms with Crippen molar-refractivity contribution in [3.8, 4) is 0 Å². The average molecular weight is 362 g/mol. The lowest BCUT2D eigenvalue weighted by molar-refractivity contribution is 0.629. The summed E-state index contributed by atoms with van der Waals surface area (Å²) in [6.45, 7) is 2.63. The van der Waals surface area contributed by atoms with Gasteiger partial charge in [-0.15, -0.1) is 0 Å². The van der Waals surface area contributed by atoms with Gasteiger partial charge >= 0.3 is 0 Å². The molecule has 0 spiro atoms. The van der Waals surface area contributed by atoms with E-state index in [0.717, 1.165) is 34.3 Å². The van der Waals surface area contributed by atoms with Crippen molar-refractivity contribution in [3.63, 3.8) is 0 Å². The SMILES string of the molecule is Cc1[nH]c2ccc(F)cc2c1CCNC(=S)Nc1ccccc1Cl. The zero-order valence-electron chi connectivity index (χ0n) is 13.1. The number of H-pyrrole nitrogens is 1. The molecule has 0 aliphatic carbocycles. The van der Waals surface area contributed by atoms with Crippen LogP contribution in [0.4, 0.5) is 10.1 Å². The molecule has 0 amide bonds. The molecule has 3 aromatic rings. The minimum atomic E-state index is -0.230. The van der Waals surface area contributed by atoms with Crippen LogP contribution in [0.5, 0.6) is 0 Å². The van der Waals surface area contributed by atoms with Gasteiger partial charge in [0.05, 0.1) is 10.7 Å². The van der Waals surface area contributed by atoms with E-state index >= 15 is 0 Å². The summed E-state index contributed by atoms with van der Waals surface area (Å²) >= 11 is 11.4. The van der Waals surface area contributed by atoms with Gasteiger partial charge in [0.15, 0.2) is 5.11 Å². The normalized spacial score (nSPS) is 10.8. The lowest BCUT2D eigenvalue weighted by Crippen LogP contribution is -2.30. The third-order valence-corrected chi connectivity index (χ3v) is 4.44. The second-order valence-corrected chi connectivity index (χ2v) is 6.34. The Morgan fingerprint density at radius 3 is 2.83 bits per heavy atom. The number of rotatable bonds is 4. The van der Waals surface area contributed by atoms with E-state index < -0.39 is 0 Å². The molecule has 0 aliphatic heterocycles. The predicted molar refractivity (Wildman–Crippen MR) is 102 cm³/mol. The van der Waals surface area contributed by atoms with Crippen LogP contribution in [0.15, 0.2) is 42.5 Å². The number of halogens is 2. The summed E-state index contributed by atoms with van der Waals surface area (Å²) in [6.07, 6.45) is 0.736. The molecule has 0 saturated heterocycles. The van der Waals surface area contributed by atoms with Gasteiger partial charge in [0.2, 0.25) is 0 Å². The molecule has 0 radical (unpaired) electrons. The van der Waals surface area contributed by atoms with Crippen molar-refractivity contribution in [1.82, 2.24) is 10.3 Å². The maximum absolute atomic E-state index is 13.5. The smallest absolute Gasteiger partial charge is 0.170 e. The first-order valence-electron chi connectivity index (χ1n) is 7.60. The van der Waals surface area contributed by atoms with Gasteiger partial charge in [0, 0.05) is 23.1 Å². The summed E-state index contributed by atoms with van der Waals surface area (Å²) in [6, 6.07) is 12.2. The number of nitrogens with one attached hydrogen (secondary N) is 3. The van der Waals surface area contributed by atoms with Crippen molar-refractivity contribution in [2.45, 2.75) is 13.3 Å². The summed E-state index contributed by atoms with van der Waals surface area (Å²) in [5.74, 6) is -0.230. The molecule has 0 atom stereocenters. The predicted octanol–water partition coefficient (Wildman–Crippen LogP) is 4.80. The lowest BCUT2D eigenvalue weighted by atomic mass is 10.1. The van der Waals surface area contributed by atoms with Gasteiger partial charge in [0.25, 0.3) is 0 Å². The van der Waals surface area contributed by atoms with Crippen LogP contribution in [0.2, 0.25) is 5.02 Å². The largest absolute Gasteiger partial charge is 0.362 e. The van der Waals surface area contributed by atoms with Crippen molar-refractivity contribution >= 4 is 45.5 Å². The van der Waals surface area contributed by atoms with Crippen LogP contribution in [0, 0.1) is 12.7 Å². The Hall–Kier alpha value is -2.11. The molecule has 0 saturated carbocycles. The van der Waals surface area contributed by atoms with Gasteiger partial charge in [-0.3, -0.25) is 0 Å². The molecule has 24 heavy (non-hydrogen) atoms. The van der Waals surface area contributed by atoms with E-state index in [1.807, 2.05) is 25.1 Å². The van der Waals surface area contributed by atoms with E-state index in [0.29, 0.717) is 16.7 Å². The number of para-hydroxylation sites is 1. The van der Waals surface area contributed by atoms with E-state index in [1.54, 1.807) is 18.2 Å². The monoisotopic (exact) mass is 361 g/mol. The van der Waals surface area contributed by atoms with Crippen LogP contribution in [-0.4, -0.2) is 16.6 Å². The Bertz CT molecular complexity index is 891. The van der Waals surface area contributed by atoms with E-state index in [9.17, 15) is 4.39 Å². The minimum Gasteiger partial charge on any atom is -0.362 e. The van der Waals surface area contributed by atoms with Gasteiger partial charge in [-0.05, 0) is 61.5 Å². The number of hydrogen-bond donors (Lipinski definition) is 3. The highest BCUT2D eigenvalue weighted by Gasteiger charge is 2.09. The lowest BCUT2D eigenvalue weighted by Gasteiger charge is -2.11. The second-order valence-electron chi connectivity index (χ2n) is 5.53. The van der Waals surface area contributed by atoms with Gasteiger partial charge in [-0.1, -0.05) is 23.7 Å². The summed E-state index contributed by atoms with van der Waals surface area (Å²) in [4.78, 5) is 3.28. The number of aromatic nitrogens is 1. The summed E-state index contributed by atoms with van der Waals surface area (Å²) in [7, 11) is 0. The molecule has 6 heteroatoms. The highest BCUT2D eigenvalue weighted by atomic mass is 35.5. The maximum Gasteiger partial charge on any atom is 0.170 e. The summed E-state index contributed by atoms with van der Waals surface area (Å²) < 4.78 is 13.5. The molecule has 0 fully saturated rings. The number of benzene rings is 2. The second kappa shape index (κ2) is 7.20. The fourth-order valence-corrected chi connectivity index (χ4v) is 3.10. The zero-order valence-corrected chi connectivity index (χ0v) is 14.7. The first kappa shape index (κ1) is 16.7. The van der Waals surface area contributed by atoms with Crippen LogP contribution in [0.3, 0.4) is 0 Å². The van der Waals surface area contributed by atoms with E-state index in [2.05, 4.69) is 15.6 Å². The first-order chi connectivity index (χ1) is 11.5. The van der Waals surface area contributed by atoms with Crippen molar-refractivity contribution in [2.24, 2.45) is 0 Å². The number of hydrogen-bond acceptors (Lipinski definition) is 1. The molecule has 1 aromatic heterocycles. The Labute approximate surface area is 150 Å². The molecular formula is C18H17ClFN3S. The number of anilines is 1. The quantitative estimate of drug-likeness (QED) is 0.585. The van der Waals surface area contributed by atoms with Crippen LogP contribution >= 0.6 is 23.8 Å². The van der Waals surface area contributed by atoms with Crippen molar-refractivity contribution < 1.29 is 4.39 Å².